The monoisotopic (exact) mass is 383 g/mol. The Labute approximate surface area is 167 Å². The lowest BCUT2D eigenvalue weighted by atomic mass is 10.1. The molecule has 0 radical (unpaired) electrons. The number of aryl methyl sites for hydroxylation is 3. The Hall–Kier alpha value is -2.82. The molecule has 0 unspecified atom stereocenters. The predicted molar refractivity (Wildman–Crippen MR) is 109 cm³/mol. The van der Waals surface area contributed by atoms with E-state index in [4.69, 9.17) is 9.47 Å². The van der Waals surface area contributed by atoms with Crippen LogP contribution in [0.2, 0.25) is 0 Å². The number of hydrogen-bond donors (Lipinski definition) is 1. The maximum absolute atomic E-state index is 11.8. The zero-order valence-electron chi connectivity index (χ0n) is 16.7. The van der Waals surface area contributed by atoms with Crippen LogP contribution in [0.1, 0.15) is 36.0 Å². The fourth-order valence-corrected chi connectivity index (χ4v) is 2.65. The van der Waals surface area contributed by atoms with E-state index in [1.807, 2.05) is 62.4 Å². The van der Waals surface area contributed by atoms with Crippen LogP contribution in [0.15, 0.2) is 48.5 Å². The molecule has 0 heterocycles. The molecule has 0 fully saturated rings. The lowest BCUT2D eigenvalue weighted by molar-refractivity contribution is -0.144. The predicted octanol–water partition coefficient (Wildman–Crippen LogP) is 3.75. The quantitative estimate of drug-likeness (QED) is 0.474. The molecule has 0 aliphatic heterocycles. The Bertz CT molecular complexity index is 755. The van der Waals surface area contributed by atoms with Crippen molar-refractivity contribution in [2.75, 3.05) is 19.8 Å². The number of carbonyl (C=O) groups is 2. The average molecular weight is 383 g/mol. The van der Waals surface area contributed by atoms with Crippen molar-refractivity contribution >= 4 is 11.9 Å². The molecule has 1 amide bonds. The number of ether oxygens (including phenoxy) is 2. The summed E-state index contributed by atoms with van der Waals surface area (Å²) in [6, 6.07) is 15.9. The Morgan fingerprint density at radius 1 is 0.929 bits per heavy atom. The van der Waals surface area contributed by atoms with E-state index in [0.29, 0.717) is 38.8 Å². The first kappa shape index (κ1) is 21.5. The van der Waals surface area contributed by atoms with Crippen molar-refractivity contribution < 1.29 is 19.1 Å². The number of hydrogen-bond acceptors (Lipinski definition) is 4. The summed E-state index contributed by atoms with van der Waals surface area (Å²) in [5.41, 5.74) is 3.42. The van der Waals surface area contributed by atoms with Gasteiger partial charge in [-0.1, -0.05) is 48.0 Å². The maximum atomic E-state index is 11.8. The average Bonchev–Trinajstić information content (AvgIpc) is 2.69. The number of esters is 1. The Kier molecular flexibility index (Phi) is 9.05. The molecule has 28 heavy (non-hydrogen) atoms. The molecule has 5 nitrogen and oxygen atoms in total. The molecule has 0 bridgehead atoms. The van der Waals surface area contributed by atoms with Gasteiger partial charge in [0.25, 0.3) is 0 Å². The molecule has 2 aromatic carbocycles. The van der Waals surface area contributed by atoms with Crippen LogP contribution >= 0.6 is 0 Å². The topological polar surface area (TPSA) is 64.6 Å². The van der Waals surface area contributed by atoms with Gasteiger partial charge < -0.3 is 14.8 Å². The first-order valence-electron chi connectivity index (χ1n) is 9.71. The van der Waals surface area contributed by atoms with Crippen molar-refractivity contribution in [2.45, 2.75) is 39.5 Å². The summed E-state index contributed by atoms with van der Waals surface area (Å²) in [6.45, 7) is 5.01. The molecule has 0 aromatic heterocycles. The lowest BCUT2D eigenvalue weighted by Gasteiger charge is -2.09. The third-order valence-electron chi connectivity index (χ3n) is 4.33. The van der Waals surface area contributed by atoms with Gasteiger partial charge >= 0.3 is 5.97 Å². The van der Waals surface area contributed by atoms with Gasteiger partial charge in [0, 0.05) is 12.8 Å². The summed E-state index contributed by atoms with van der Waals surface area (Å²) in [4.78, 5) is 23.5. The van der Waals surface area contributed by atoms with Crippen molar-refractivity contribution in [3.63, 3.8) is 0 Å². The molecule has 2 aromatic rings. The van der Waals surface area contributed by atoms with E-state index in [2.05, 4.69) is 5.32 Å². The highest BCUT2D eigenvalue weighted by Crippen LogP contribution is 2.16. The van der Waals surface area contributed by atoms with Crippen molar-refractivity contribution in [2.24, 2.45) is 0 Å². The Morgan fingerprint density at radius 3 is 2.43 bits per heavy atom. The standard InChI is InChI=1S/C23H29NO4/c1-18-9-11-20(12-10-18)13-14-22(25)24-15-17-28-23(26)8-5-16-27-21-7-4-3-6-19(21)2/h3-4,6-7,9-12H,5,8,13-17H2,1-2H3,(H,24,25). The van der Waals surface area contributed by atoms with Crippen molar-refractivity contribution in [3.05, 3.63) is 65.2 Å². The SMILES string of the molecule is Cc1ccc(CCC(=O)NCCOC(=O)CCCOc2ccccc2C)cc1. The summed E-state index contributed by atoms with van der Waals surface area (Å²) in [7, 11) is 0. The molecule has 0 aliphatic carbocycles. The van der Waals surface area contributed by atoms with Crippen LogP contribution < -0.4 is 10.1 Å². The normalized spacial score (nSPS) is 10.4. The van der Waals surface area contributed by atoms with Gasteiger partial charge in [0.1, 0.15) is 12.4 Å². The number of para-hydroxylation sites is 1. The molecule has 0 saturated heterocycles. The van der Waals surface area contributed by atoms with Gasteiger partial charge in [0.05, 0.1) is 13.2 Å². The molecule has 0 atom stereocenters. The van der Waals surface area contributed by atoms with Gasteiger partial charge in [-0.2, -0.15) is 0 Å². The highest BCUT2D eigenvalue weighted by Gasteiger charge is 2.05. The molecule has 2 rings (SSSR count). The van der Waals surface area contributed by atoms with Gasteiger partial charge in [-0.3, -0.25) is 9.59 Å². The number of carbonyl (C=O) groups excluding carboxylic acids is 2. The highest BCUT2D eigenvalue weighted by molar-refractivity contribution is 5.76. The van der Waals surface area contributed by atoms with E-state index in [1.165, 1.54) is 5.56 Å². The van der Waals surface area contributed by atoms with Crippen LogP contribution in [0.25, 0.3) is 0 Å². The van der Waals surface area contributed by atoms with E-state index in [-0.39, 0.29) is 18.5 Å². The summed E-state index contributed by atoms with van der Waals surface area (Å²) >= 11 is 0. The van der Waals surface area contributed by atoms with Gasteiger partial charge in [-0.15, -0.1) is 0 Å². The minimum absolute atomic E-state index is 0.0387. The zero-order valence-corrected chi connectivity index (χ0v) is 16.7. The lowest BCUT2D eigenvalue weighted by Crippen LogP contribution is -2.28. The molecule has 0 saturated carbocycles. The molecule has 5 heteroatoms. The highest BCUT2D eigenvalue weighted by atomic mass is 16.5. The second-order valence-electron chi connectivity index (χ2n) is 6.77. The Morgan fingerprint density at radius 2 is 1.68 bits per heavy atom. The second-order valence-corrected chi connectivity index (χ2v) is 6.77. The molecule has 0 spiro atoms. The third-order valence-corrected chi connectivity index (χ3v) is 4.33. The molecule has 150 valence electrons. The van der Waals surface area contributed by atoms with Crippen LogP contribution in [0, 0.1) is 13.8 Å². The van der Waals surface area contributed by atoms with E-state index in [1.54, 1.807) is 0 Å². The number of benzene rings is 2. The molecule has 0 aliphatic rings. The second kappa shape index (κ2) is 11.8. The maximum Gasteiger partial charge on any atom is 0.305 e. The smallest absolute Gasteiger partial charge is 0.305 e. The molecular weight excluding hydrogens is 354 g/mol. The van der Waals surface area contributed by atoms with Crippen molar-refractivity contribution in [1.82, 2.24) is 5.32 Å². The first-order chi connectivity index (χ1) is 13.5. The van der Waals surface area contributed by atoms with Crippen LogP contribution in [0.5, 0.6) is 5.75 Å². The fraction of sp³-hybridized carbons (Fsp3) is 0.391. The van der Waals surface area contributed by atoms with Crippen LogP contribution in [0.4, 0.5) is 0 Å². The van der Waals surface area contributed by atoms with Gasteiger partial charge in [-0.25, -0.2) is 0 Å². The summed E-state index contributed by atoms with van der Waals surface area (Å²) in [6.07, 6.45) is 2.02. The summed E-state index contributed by atoms with van der Waals surface area (Å²) in [5, 5.41) is 2.77. The van der Waals surface area contributed by atoms with Gasteiger partial charge in [0.2, 0.25) is 5.91 Å². The Balaban J connectivity index is 1.49. The van der Waals surface area contributed by atoms with E-state index < -0.39 is 0 Å². The first-order valence-corrected chi connectivity index (χ1v) is 9.71. The zero-order chi connectivity index (χ0) is 20.2. The van der Waals surface area contributed by atoms with Gasteiger partial charge in [-0.05, 0) is 43.9 Å². The van der Waals surface area contributed by atoms with E-state index in [0.717, 1.165) is 16.9 Å². The largest absolute Gasteiger partial charge is 0.493 e. The minimum atomic E-state index is -0.276. The third kappa shape index (κ3) is 8.25. The van der Waals surface area contributed by atoms with Crippen LogP contribution in [-0.2, 0) is 20.7 Å². The van der Waals surface area contributed by atoms with Gasteiger partial charge in [0.15, 0.2) is 0 Å². The number of rotatable bonds is 11. The molecule has 1 N–H and O–H groups in total. The number of amides is 1. The fourth-order valence-electron chi connectivity index (χ4n) is 2.65. The van der Waals surface area contributed by atoms with Crippen molar-refractivity contribution in [1.29, 1.82) is 0 Å². The van der Waals surface area contributed by atoms with Crippen LogP contribution in [-0.4, -0.2) is 31.6 Å². The number of nitrogens with one attached hydrogen (secondary N) is 1. The minimum Gasteiger partial charge on any atom is -0.493 e. The van der Waals surface area contributed by atoms with Crippen LogP contribution in [0.3, 0.4) is 0 Å². The summed E-state index contributed by atoms with van der Waals surface area (Å²) in [5.74, 6) is 0.523. The van der Waals surface area contributed by atoms with E-state index in [9.17, 15) is 9.59 Å². The summed E-state index contributed by atoms with van der Waals surface area (Å²) < 4.78 is 10.8. The van der Waals surface area contributed by atoms with E-state index >= 15 is 0 Å². The van der Waals surface area contributed by atoms with Crippen molar-refractivity contribution in [3.8, 4) is 5.75 Å². The molecular formula is C23H29NO4.